The fourth-order valence-corrected chi connectivity index (χ4v) is 4.91. The molecule has 154 valence electrons. The van der Waals surface area contributed by atoms with Crippen molar-refractivity contribution in [2.24, 2.45) is 5.92 Å². The molecule has 3 heterocycles. The number of aromatic nitrogens is 1. The minimum absolute atomic E-state index is 0.0229. The molecule has 1 aliphatic carbocycles. The van der Waals surface area contributed by atoms with Gasteiger partial charge in [0.05, 0.1) is 18.0 Å². The Morgan fingerprint density at radius 2 is 2.10 bits per heavy atom. The summed E-state index contributed by atoms with van der Waals surface area (Å²) in [6, 6.07) is 1.86. The fourth-order valence-electron chi connectivity index (χ4n) is 4.91. The van der Waals surface area contributed by atoms with Crippen molar-refractivity contribution in [2.45, 2.75) is 37.8 Å². The molecule has 3 fully saturated rings. The standard InChI is InChI=1S/C21H24FN3O4/c1-29-16-7-13-18(25(12-4-5-12)9-14(20(13)26)21(27)28)17(22)19(16)24-8-11-3-2-6-23-15(11)10-24/h7,9,11-12,15,23H,2-6,8,10H2,1H3,(H,27,28). The SMILES string of the molecule is COc1cc2c(=O)c(C(=O)O)cn(C3CC3)c2c(F)c1N1CC2CCCNC2C1. The second-order valence-electron chi connectivity index (χ2n) is 8.32. The lowest BCUT2D eigenvalue weighted by atomic mass is 9.94. The lowest BCUT2D eigenvalue weighted by Crippen LogP contribution is -2.40. The van der Waals surface area contributed by atoms with Gasteiger partial charge >= 0.3 is 5.97 Å². The molecule has 3 aliphatic rings. The van der Waals surface area contributed by atoms with Gasteiger partial charge in [0.1, 0.15) is 17.0 Å². The molecule has 2 N–H and O–H groups in total. The van der Waals surface area contributed by atoms with Crippen LogP contribution in [0.5, 0.6) is 5.75 Å². The number of nitrogens with zero attached hydrogens (tertiary/aromatic N) is 2. The number of halogens is 1. The van der Waals surface area contributed by atoms with Crippen molar-refractivity contribution in [3.8, 4) is 5.75 Å². The largest absolute Gasteiger partial charge is 0.494 e. The minimum atomic E-state index is -1.30. The topological polar surface area (TPSA) is 83.8 Å². The van der Waals surface area contributed by atoms with E-state index in [1.165, 1.54) is 19.4 Å². The summed E-state index contributed by atoms with van der Waals surface area (Å²) in [4.78, 5) is 26.4. The highest BCUT2D eigenvalue weighted by atomic mass is 19.1. The van der Waals surface area contributed by atoms with Crippen LogP contribution in [0.3, 0.4) is 0 Å². The van der Waals surface area contributed by atoms with Crippen LogP contribution < -0.4 is 20.4 Å². The number of rotatable bonds is 4. The van der Waals surface area contributed by atoms with Gasteiger partial charge in [-0.25, -0.2) is 9.18 Å². The van der Waals surface area contributed by atoms with Crippen molar-refractivity contribution in [3.05, 3.63) is 33.9 Å². The molecule has 0 radical (unpaired) electrons. The molecule has 0 bridgehead atoms. The third-order valence-corrected chi connectivity index (χ3v) is 6.50. The van der Waals surface area contributed by atoms with E-state index in [4.69, 9.17) is 4.74 Å². The number of fused-ring (bicyclic) bond motifs is 2. The van der Waals surface area contributed by atoms with Gasteiger partial charge in [-0.15, -0.1) is 0 Å². The van der Waals surface area contributed by atoms with E-state index in [2.05, 4.69) is 5.32 Å². The molecule has 2 unspecified atom stereocenters. The Hall–Kier alpha value is -2.61. The molecule has 1 saturated carbocycles. The summed E-state index contributed by atoms with van der Waals surface area (Å²) in [5.41, 5.74) is -0.464. The number of carbonyl (C=O) groups is 1. The lowest BCUT2D eigenvalue weighted by molar-refractivity contribution is 0.0695. The third-order valence-electron chi connectivity index (χ3n) is 6.50. The van der Waals surface area contributed by atoms with E-state index < -0.39 is 17.2 Å². The second kappa shape index (κ2) is 6.73. The Labute approximate surface area is 167 Å². The molecule has 1 aromatic heterocycles. The molecule has 2 saturated heterocycles. The number of benzene rings is 1. The van der Waals surface area contributed by atoms with Crippen LogP contribution in [0.1, 0.15) is 42.1 Å². The van der Waals surface area contributed by atoms with Crippen LogP contribution in [0.2, 0.25) is 0 Å². The highest BCUT2D eigenvalue weighted by Gasteiger charge is 2.38. The van der Waals surface area contributed by atoms with Gasteiger partial charge in [-0.1, -0.05) is 0 Å². The summed E-state index contributed by atoms with van der Waals surface area (Å²) < 4.78 is 23.1. The number of carboxylic acid groups (broad SMARTS) is 1. The van der Waals surface area contributed by atoms with E-state index in [0.717, 1.165) is 38.8 Å². The maximum Gasteiger partial charge on any atom is 0.341 e. The van der Waals surface area contributed by atoms with Gasteiger partial charge in [0.2, 0.25) is 5.43 Å². The Morgan fingerprint density at radius 3 is 2.76 bits per heavy atom. The first kappa shape index (κ1) is 18.4. The average molecular weight is 401 g/mol. The zero-order valence-corrected chi connectivity index (χ0v) is 16.3. The van der Waals surface area contributed by atoms with Crippen molar-refractivity contribution in [3.63, 3.8) is 0 Å². The number of pyridine rings is 1. The second-order valence-corrected chi connectivity index (χ2v) is 8.32. The number of carboxylic acids is 1. The molecule has 2 atom stereocenters. The van der Waals surface area contributed by atoms with E-state index >= 15 is 4.39 Å². The Morgan fingerprint density at radius 1 is 1.31 bits per heavy atom. The van der Waals surface area contributed by atoms with E-state index in [9.17, 15) is 14.7 Å². The third kappa shape index (κ3) is 2.88. The molecular formula is C21H24FN3O4. The Kier molecular flexibility index (Phi) is 4.27. The van der Waals surface area contributed by atoms with E-state index in [-0.39, 0.29) is 28.3 Å². The Bertz CT molecular complexity index is 1050. The average Bonchev–Trinajstić information content (AvgIpc) is 3.46. The highest BCUT2D eigenvalue weighted by Crippen LogP contribution is 2.43. The van der Waals surface area contributed by atoms with Crippen LogP contribution in [0.4, 0.5) is 10.1 Å². The zero-order chi connectivity index (χ0) is 20.3. The zero-order valence-electron chi connectivity index (χ0n) is 16.3. The van der Waals surface area contributed by atoms with Crippen LogP contribution in [-0.4, -0.2) is 48.4 Å². The quantitative estimate of drug-likeness (QED) is 0.819. The molecule has 8 heteroatoms. The Balaban J connectivity index is 1.72. The van der Waals surface area contributed by atoms with Crippen LogP contribution in [-0.2, 0) is 0 Å². The van der Waals surface area contributed by atoms with Gasteiger partial charge in [-0.2, -0.15) is 0 Å². The van der Waals surface area contributed by atoms with Crippen molar-refractivity contribution < 1.29 is 19.0 Å². The minimum Gasteiger partial charge on any atom is -0.494 e. The van der Waals surface area contributed by atoms with Crippen molar-refractivity contribution >= 4 is 22.6 Å². The number of piperidine rings is 1. The van der Waals surface area contributed by atoms with E-state index in [1.807, 2.05) is 4.90 Å². The highest BCUT2D eigenvalue weighted by molar-refractivity contribution is 5.95. The van der Waals surface area contributed by atoms with Crippen LogP contribution in [0.15, 0.2) is 17.1 Å². The maximum atomic E-state index is 16.0. The molecule has 5 rings (SSSR count). The van der Waals surface area contributed by atoms with Crippen LogP contribution in [0, 0.1) is 11.7 Å². The monoisotopic (exact) mass is 401 g/mol. The first-order valence-electron chi connectivity index (χ1n) is 10.2. The smallest absolute Gasteiger partial charge is 0.341 e. The summed E-state index contributed by atoms with van der Waals surface area (Å²) in [7, 11) is 1.45. The number of ether oxygens (including phenoxy) is 1. The van der Waals surface area contributed by atoms with Crippen LogP contribution >= 0.6 is 0 Å². The lowest BCUT2D eigenvalue weighted by Gasteiger charge is -2.24. The summed E-state index contributed by atoms with van der Waals surface area (Å²) >= 11 is 0. The fraction of sp³-hybridized carbons (Fsp3) is 0.524. The number of hydrogen-bond acceptors (Lipinski definition) is 5. The predicted octanol–water partition coefficient (Wildman–Crippen LogP) is 2.37. The number of hydrogen-bond donors (Lipinski definition) is 2. The molecule has 7 nitrogen and oxygen atoms in total. The normalized spacial score (nSPS) is 24.0. The first-order valence-corrected chi connectivity index (χ1v) is 10.2. The number of methoxy groups -OCH3 is 1. The molecular weight excluding hydrogens is 377 g/mol. The number of anilines is 1. The molecule has 2 aliphatic heterocycles. The predicted molar refractivity (Wildman–Crippen MR) is 107 cm³/mol. The van der Waals surface area contributed by atoms with Gasteiger partial charge in [0, 0.05) is 31.4 Å². The van der Waals surface area contributed by atoms with Gasteiger partial charge in [0.25, 0.3) is 0 Å². The van der Waals surface area contributed by atoms with Crippen molar-refractivity contribution in [2.75, 3.05) is 31.6 Å². The first-order chi connectivity index (χ1) is 14.0. The summed E-state index contributed by atoms with van der Waals surface area (Å²) in [6.45, 7) is 2.40. The summed E-state index contributed by atoms with van der Waals surface area (Å²) in [6.07, 6.45) is 5.21. The molecule has 29 heavy (non-hydrogen) atoms. The maximum absolute atomic E-state index is 16.0. The molecule has 1 aromatic carbocycles. The molecule has 0 amide bonds. The number of aromatic carboxylic acids is 1. The number of nitrogens with one attached hydrogen (secondary N) is 1. The van der Waals surface area contributed by atoms with Crippen molar-refractivity contribution in [1.29, 1.82) is 0 Å². The summed E-state index contributed by atoms with van der Waals surface area (Å²) in [5.74, 6) is -1.07. The summed E-state index contributed by atoms with van der Waals surface area (Å²) in [5, 5.41) is 13.0. The van der Waals surface area contributed by atoms with E-state index in [0.29, 0.717) is 24.2 Å². The van der Waals surface area contributed by atoms with Gasteiger partial charge in [-0.05, 0) is 44.2 Å². The molecule has 2 aromatic rings. The van der Waals surface area contributed by atoms with Gasteiger partial charge in [0.15, 0.2) is 5.82 Å². The van der Waals surface area contributed by atoms with E-state index in [1.54, 1.807) is 4.57 Å². The van der Waals surface area contributed by atoms with Crippen LogP contribution in [0.25, 0.3) is 10.9 Å². The van der Waals surface area contributed by atoms with Gasteiger partial charge < -0.3 is 24.6 Å². The molecule has 0 spiro atoms. The van der Waals surface area contributed by atoms with Gasteiger partial charge in [-0.3, -0.25) is 4.79 Å². The van der Waals surface area contributed by atoms with Crippen molar-refractivity contribution in [1.82, 2.24) is 9.88 Å².